The van der Waals surface area contributed by atoms with E-state index in [0.717, 1.165) is 50.1 Å². The predicted molar refractivity (Wildman–Crippen MR) is 227 cm³/mol. The highest BCUT2D eigenvalue weighted by Crippen LogP contribution is 2.49. The van der Waals surface area contributed by atoms with Gasteiger partial charge in [-0.15, -0.1) is 11.3 Å². The molecule has 0 unspecified atom stereocenters. The van der Waals surface area contributed by atoms with E-state index in [9.17, 15) is 0 Å². The van der Waals surface area contributed by atoms with Crippen molar-refractivity contribution in [2.24, 2.45) is 0 Å². The van der Waals surface area contributed by atoms with Gasteiger partial charge in [0.1, 0.15) is 5.58 Å². The molecule has 248 valence electrons. The largest absolute Gasteiger partial charge is 0.454 e. The first-order valence-electron chi connectivity index (χ1n) is 18.0. The highest BCUT2D eigenvalue weighted by atomic mass is 32.1. The van der Waals surface area contributed by atoms with Gasteiger partial charge in [0.2, 0.25) is 0 Å². The summed E-state index contributed by atoms with van der Waals surface area (Å²) >= 11 is 1.87. The molecular formula is C50H31NOS. The van der Waals surface area contributed by atoms with E-state index in [2.05, 4.69) is 193 Å². The third-order valence-electron chi connectivity index (χ3n) is 10.7. The smallest absolute Gasteiger partial charge is 0.160 e. The summed E-state index contributed by atoms with van der Waals surface area (Å²) in [6.45, 7) is 0. The Morgan fingerprint density at radius 2 is 1.08 bits per heavy atom. The van der Waals surface area contributed by atoms with Crippen LogP contribution in [0.4, 0.5) is 17.1 Å². The molecule has 2 aromatic heterocycles. The number of hydrogen-bond acceptors (Lipinski definition) is 3. The summed E-state index contributed by atoms with van der Waals surface area (Å²) in [7, 11) is 0. The monoisotopic (exact) mass is 693 g/mol. The second-order valence-electron chi connectivity index (χ2n) is 13.6. The van der Waals surface area contributed by atoms with Gasteiger partial charge < -0.3 is 9.32 Å². The number of anilines is 3. The highest BCUT2D eigenvalue weighted by molar-refractivity contribution is 7.26. The molecule has 0 fully saturated rings. The molecule has 11 aromatic rings. The van der Waals surface area contributed by atoms with Gasteiger partial charge in [-0.1, -0.05) is 152 Å². The van der Waals surface area contributed by atoms with E-state index in [1.165, 1.54) is 52.8 Å². The fraction of sp³-hybridized carbons (Fsp3) is 0. The molecule has 9 aromatic carbocycles. The van der Waals surface area contributed by atoms with Crippen molar-refractivity contribution < 1.29 is 4.42 Å². The molecule has 0 aliphatic heterocycles. The molecule has 0 aliphatic carbocycles. The standard InChI is InChI=1S/C50H31NOS/c1-2-13-32(14-3-1)37-29-30-44(49-48(37)43-20-8-10-23-46(43)52-49)51(45-31-34-15-4-5-16-36(34)39-17-6-7-18-40(39)45)35-27-25-33(26-28-35)38-21-12-22-42-41-19-9-11-24-47(41)53-50(38)42/h1-31H. The number of fused-ring (bicyclic) bond motifs is 9. The van der Waals surface area contributed by atoms with Crippen LogP contribution in [-0.4, -0.2) is 0 Å². The molecule has 3 heteroatoms. The van der Waals surface area contributed by atoms with Crippen LogP contribution in [0.15, 0.2) is 192 Å². The Morgan fingerprint density at radius 3 is 1.92 bits per heavy atom. The molecule has 0 amide bonds. The minimum Gasteiger partial charge on any atom is -0.454 e. The van der Waals surface area contributed by atoms with Gasteiger partial charge in [-0.25, -0.2) is 0 Å². The lowest BCUT2D eigenvalue weighted by Gasteiger charge is -2.28. The first-order valence-corrected chi connectivity index (χ1v) is 18.8. The summed E-state index contributed by atoms with van der Waals surface area (Å²) in [5, 5.41) is 9.69. The van der Waals surface area contributed by atoms with E-state index < -0.39 is 0 Å². The molecule has 0 aliphatic rings. The summed E-state index contributed by atoms with van der Waals surface area (Å²) in [5.74, 6) is 0. The summed E-state index contributed by atoms with van der Waals surface area (Å²) in [4.78, 5) is 2.40. The van der Waals surface area contributed by atoms with Crippen molar-refractivity contribution >= 4 is 92.1 Å². The van der Waals surface area contributed by atoms with E-state index in [1.807, 2.05) is 11.3 Å². The van der Waals surface area contributed by atoms with Crippen molar-refractivity contribution in [3.05, 3.63) is 188 Å². The van der Waals surface area contributed by atoms with Crippen LogP contribution in [0.2, 0.25) is 0 Å². The van der Waals surface area contributed by atoms with Crippen LogP contribution in [0.1, 0.15) is 0 Å². The molecule has 11 rings (SSSR count). The number of hydrogen-bond donors (Lipinski definition) is 0. The Hall–Kier alpha value is -6.68. The molecule has 2 nitrogen and oxygen atoms in total. The molecule has 0 saturated heterocycles. The average Bonchev–Trinajstić information content (AvgIpc) is 3.81. The van der Waals surface area contributed by atoms with Gasteiger partial charge in [0.25, 0.3) is 0 Å². The van der Waals surface area contributed by atoms with Gasteiger partial charge in [-0.2, -0.15) is 0 Å². The molecule has 0 bridgehead atoms. The van der Waals surface area contributed by atoms with Gasteiger partial charge in [-0.05, 0) is 74.8 Å². The minimum absolute atomic E-state index is 0.865. The van der Waals surface area contributed by atoms with Crippen LogP contribution in [0.3, 0.4) is 0 Å². The minimum atomic E-state index is 0.865. The maximum absolute atomic E-state index is 6.90. The number of thiophene rings is 1. The Balaban J connectivity index is 1.18. The maximum atomic E-state index is 6.90. The summed E-state index contributed by atoms with van der Waals surface area (Å²) in [6.07, 6.45) is 0. The fourth-order valence-electron chi connectivity index (χ4n) is 8.24. The van der Waals surface area contributed by atoms with Crippen LogP contribution in [-0.2, 0) is 0 Å². The topological polar surface area (TPSA) is 16.4 Å². The molecule has 53 heavy (non-hydrogen) atoms. The number of para-hydroxylation sites is 1. The van der Waals surface area contributed by atoms with Crippen LogP contribution in [0.5, 0.6) is 0 Å². The molecule has 0 radical (unpaired) electrons. The van der Waals surface area contributed by atoms with Gasteiger partial charge in [0, 0.05) is 42.0 Å². The second kappa shape index (κ2) is 11.9. The third-order valence-corrected chi connectivity index (χ3v) is 11.9. The van der Waals surface area contributed by atoms with E-state index in [0.29, 0.717) is 0 Å². The molecule has 0 spiro atoms. The van der Waals surface area contributed by atoms with Gasteiger partial charge in [0.05, 0.1) is 11.4 Å². The van der Waals surface area contributed by atoms with E-state index in [1.54, 1.807) is 0 Å². The van der Waals surface area contributed by atoms with Crippen molar-refractivity contribution in [3.8, 4) is 22.3 Å². The SMILES string of the molecule is c1ccc(-c2ccc(N(c3ccc(-c4cccc5c4sc4ccccc45)cc3)c3cc4ccccc4c4ccccc34)c3oc4ccccc4c23)cc1. The van der Waals surface area contributed by atoms with Gasteiger partial charge in [-0.3, -0.25) is 0 Å². The Bertz CT molecular complexity index is 3170. The zero-order chi connectivity index (χ0) is 34.9. The Morgan fingerprint density at radius 1 is 0.415 bits per heavy atom. The molecule has 0 N–H and O–H groups in total. The summed E-state index contributed by atoms with van der Waals surface area (Å²) in [6, 6.07) is 67.8. The first kappa shape index (κ1) is 30.0. The number of nitrogens with zero attached hydrogens (tertiary/aromatic N) is 1. The van der Waals surface area contributed by atoms with Gasteiger partial charge >= 0.3 is 0 Å². The number of furan rings is 1. The second-order valence-corrected chi connectivity index (χ2v) is 14.7. The molecule has 0 saturated carbocycles. The average molecular weight is 694 g/mol. The van der Waals surface area contributed by atoms with E-state index in [-0.39, 0.29) is 0 Å². The fourth-order valence-corrected chi connectivity index (χ4v) is 9.48. The summed E-state index contributed by atoms with van der Waals surface area (Å²) < 4.78 is 9.53. The van der Waals surface area contributed by atoms with Crippen molar-refractivity contribution in [3.63, 3.8) is 0 Å². The number of rotatable bonds is 5. The van der Waals surface area contributed by atoms with Crippen molar-refractivity contribution in [2.75, 3.05) is 4.90 Å². The lowest BCUT2D eigenvalue weighted by Crippen LogP contribution is -2.11. The summed E-state index contributed by atoms with van der Waals surface area (Å²) in [5.41, 5.74) is 9.68. The van der Waals surface area contributed by atoms with Crippen molar-refractivity contribution in [1.82, 2.24) is 0 Å². The van der Waals surface area contributed by atoms with E-state index in [4.69, 9.17) is 4.42 Å². The maximum Gasteiger partial charge on any atom is 0.160 e. The van der Waals surface area contributed by atoms with Crippen LogP contribution in [0.25, 0.3) is 85.9 Å². The van der Waals surface area contributed by atoms with Crippen molar-refractivity contribution in [1.29, 1.82) is 0 Å². The third kappa shape index (κ3) is 4.71. The van der Waals surface area contributed by atoms with Crippen LogP contribution < -0.4 is 4.90 Å². The van der Waals surface area contributed by atoms with E-state index >= 15 is 0 Å². The molecule has 2 heterocycles. The zero-order valence-electron chi connectivity index (χ0n) is 28.7. The Kier molecular flexibility index (Phi) is 6.76. The molecule has 0 atom stereocenters. The normalized spacial score (nSPS) is 11.8. The van der Waals surface area contributed by atoms with Gasteiger partial charge in [0.15, 0.2) is 5.58 Å². The predicted octanol–water partition coefficient (Wildman–Crippen LogP) is 15.1. The Labute approximate surface area is 310 Å². The lowest BCUT2D eigenvalue weighted by molar-refractivity contribution is 0.669. The van der Waals surface area contributed by atoms with Crippen LogP contribution in [0, 0.1) is 0 Å². The molecular weight excluding hydrogens is 663 g/mol. The highest BCUT2D eigenvalue weighted by Gasteiger charge is 2.24. The van der Waals surface area contributed by atoms with Crippen LogP contribution >= 0.6 is 11.3 Å². The first-order chi connectivity index (χ1) is 26.3. The zero-order valence-corrected chi connectivity index (χ0v) is 29.5. The lowest BCUT2D eigenvalue weighted by atomic mass is 9.96. The quantitative estimate of drug-likeness (QED) is 0.167. The number of benzene rings is 9. The van der Waals surface area contributed by atoms with Crippen molar-refractivity contribution in [2.45, 2.75) is 0 Å².